The van der Waals surface area contributed by atoms with Crippen molar-refractivity contribution >= 4 is 6.09 Å². The van der Waals surface area contributed by atoms with Gasteiger partial charge < -0.3 is 9.64 Å². The van der Waals surface area contributed by atoms with E-state index in [1.54, 1.807) is 0 Å². The summed E-state index contributed by atoms with van der Waals surface area (Å²) in [5.41, 5.74) is -0.325. The molecule has 16 heavy (non-hydrogen) atoms. The number of carbonyl (C=O) groups excluding carboxylic acids is 1. The second-order valence-electron chi connectivity index (χ2n) is 5.70. The van der Waals surface area contributed by atoms with Gasteiger partial charge in [-0.05, 0) is 52.4 Å². The lowest BCUT2D eigenvalue weighted by Crippen LogP contribution is -2.46. The second-order valence-corrected chi connectivity index (χ2v) is 5.70. The largest absolute Gasteiger partial charge is 0.443 e. The normalized spacial score (nSPS) is 29.3. The number of amides is 1. The van der Waals surface area contributed by atoms with Crippen LogP contribution in [0.3, 0.4) is 0 Å². The van der Waals surface area contributed by atoms with Crippen LogP contribution in [0.2, 0.25) is 0 Å². The fraction of sp³-hybridized carbons (Fsp3) is 0.923. The fourth-order valence-electron chi connectivity index (χ4n) is 2.78. The lowest BCUT2D eigenvalue weighted by atomic mass is 10.0. The maximum atomic E-state index is 12.1. The Morgan fingerprint density at radius 1 is 1.25 bits per heavy atom. The van der Waals surface area contributed by atoms with Gasteiger partial charge in [-0.3, -0.25) is 0 Å². The van der Waals surface area contributed by atoms with E-state index in [0.29, 0.717) is 12.1 Å². The highest BCUT2D eigenvalue weighted by Crippen LogP contribution is 2.36. The molecule has 2 aliphatic heterocycles. The number of nitrogens with zero attached hydrogens (tertiary/aromatic N) is 1. The minimum Gasteiger partial charge on any atom is -0.443 e. The molecule has 0 aromatic carbocycles. The first kappa shape index (κ1) is 11.7. The Hall–Kier alpha value is -0.730. The molecule has 0 spiro atoms. The molecule has 0 unspecified atom stereocenters. The van der Waals surface area contributed by atoms with E-state index in [9.17, 15) is 4.79 Å². The Morgan fingerprint density at radius 3 is 2.31 bits per heavy atom. The summed E-state index contributed by atoms with van der Waals surface area (Å²) in [6.45, 7) is 6.02. The van der Waals surface area contributed by atoms with Crippen molar-refractivity contribution in [2.75, 3.05) is 0 Å². The predicted molar refractivity (Wildman–Crippen MR) is 63.4 cm³/mol. The number of hydrogen-bond donors (Lipinski definition) is 0. The SMILES string of the molecule is CCC(C)(C)OC(=O)N1[C@@H]2CCC[C@H]1CC2. The van der Waals surface area contributed by atoms with Gasteiger partial charge >= 0.3 is 6.09 Å². The third-order valence-electron chi connectivity index (χ3n) is 4.12. The number of hydrogen-bond acceptors (Lipinski definition) is 2. The number of carbonyl (C=O) groups is 1. The van der Waals surface area contributed by atoms with Crippen LogP contribution in [0, 0.1) is 0 Å². The van der Waals surface area contributed by atoms with Crippen molar-refractivity contribution in [1.82, 2.24) is 4.90 Å². The Labute approximate surface area is 98.1 Å². The molecular weight excluding hydrogens is 202 g/mol. The van der Waals surface area contributed by atoms with Gasteiger partial charge in [-0.2, -0.15) is 0 Å². The lowest BCUT2D eigenvalue weighted by Gasteiger charge is -2.36. The Balaban J connectivity index is 2.00. The Kier molecular flexibility index (Phi) is 3.13. The van der Waals surface area contributed by atoms with Crippen molar-refractivity contribution in [2.45, 2.75) is 77.0 Å². The van der Waals surface area contributed by atoms with Gasteiger partial charge in [-0.15, -0.1) is 0 Å². The van der Waals surface area contributed by atoms with E-state index >= 15 is 0 Å². The zero-order valence-electron chi connectivity index (χ0n) is 10.7. The van der Waals surface area contributed by atoms with E-state index in [1.807, 2.05) is 18.7 Å². The highest BCUT2D eigenvalue weighted by Gasteiger charge is 2.41. The van der Waals surface area contributed by atoms with Crippen LogP contribution in [-0.2, 0) is 4.74 Å². The molecule has 1 amide bonds. The Bertz CT molecular complexity index is 259. The van der Waals surface area contributed by atoms with Gasteiger partial charge in [0.2, 0.25) is 0 Å². The van der Waals surface area contributed by atoms with Gasteiger partial charge in [0.1, 0.15) is 5.60 Å². The molecule has 2 aliphatic rings. The van der Waals surface area contributed by atoms with Gasteiger partial charge in [-0.25, -0.2) is 4.79 Å². The summed E-state index contributed by atoms with van der Waals surface area (Å²) in [5, 5.41) is 0. The highest BCUT2D eigenvalue weighted by atomic mass is 16.6. The van der Waals surface area contributed by atoms with Crippen LogP contribution in [0.15, 0.2) is 0 Å². The summed E-state index contributed by atoms with van der Waals surface area (Å²) in [6.07, 6.45) is 6.73. The van der Waals surface area contributed by atoms with Crippen molar-refractivity contribution in [2.24, 2.45) is 0 Å². The zero-order valence-corrected chi connectivity index (χ0v) is 10.7. The Morgan fingerprint density at radius 2 is 1.81 bits per heavy atom. The first-order chi connectivity index (χ1) is 7.53. The molecule has 0 N–H and O–H groups in total. The molecule has 2 saturated heterocycles. The van der Waals surface area contributed by atoms with Crippen LogP contribution in [0.4, 0.5) is 4.79 Å². The van der Waals surface area contributed by atoms with Gasteiger partial charge in [0.25, 0.3) is 0 Å². The standard InChI is InChI=1S/C13H23NO2/c1-4-13(2,3)16-12(15)14-10-6-5-7-11(14)9-8-10/h10-11H,4-9H2,1-3H3/t10-,11+. The maximum Gasteiger partial charge on any atom is 0.410 e. The van der Waals surface area contributed by atoms with Crippen LogP contribution < -0.4 is 0 Å². The van der Waals surface area contributed by atoms with E-state index in [-0.39, 0.29) is 11.7 Å². The molecular formula is C13H23NO2. The third kappa shape index (κ3) is 2.18. The number of fused-ring (bicyclic) bond motifs is 2. The molecule has 2 atom stereocenters. The van der Waals surface area contributed by atoms with Crippen molar-refractivity contribution in [1.29, 1.82) is 0 Å². The van der Waals surface area contributed by atoms with E-state index in [1.165, 1.54) is 19.3 Å². The van der Waals surface area contributed by atoms with Gasteiger partial charge in [0.05, 0.1) is 0 Å². The van der Waals surface area contributed by atoms with Crippen LogP contribution in [0.25, 0.3) is 0 Å². The van der Waals surface area contributed by atoms with Crippen molar-refractivity contribution in [3.63, 3.8) is 0 Å². The topological polar surface area (TPSA) is 29.5 Å². The molecule has 3 nitrogen and oxygen atoms in total. The van der Waals surface area contributed by atoms with Gasteiger partial charge in [0.15, 0.2) is 0 Å². The monoisotopic (exact) mass is 225 g/mol. The van der Waals surface area contributed by atoms with Crippen LogP contribution in [0.5, 0.6) is 0 Å². The number of ether oxygens (including phenoxy) is 1. The van der Waals surface area contributed by atoms with Gasteiger partial charge in [-0.1, -0.05) is 6.92 Å². The molecule has 0 aromatic heterocycles. The summed E-state index contributed by atoms with van der Waals surface area (Å²) in [7, 11) is 0. The molecule has 0 aromatic rings. The summed E-state index contributed by atoms with van der Waals surface area (Å²) in [4.78, 5) is 14.2. The van der Waals surface area contributed by atoms with Crippen LogP contribution >= 0.6 is 0 Å². The smallest absolute Gasteiger partial charge is 0.410 e. The molecule has 2 rings (SSSR count). The van der Waals surface area contributed by atoms with Crippen molar-refractivity contribution in [3.05, 3.63) is 0 Å². The number of piperidine rings is 1. The minimum absolute atomic E-state index is 0.0842. The average Bonchev–Trinajstić information content (AvgIpc) is 2.49. The molecule has 2 bridgehead atoms. The molecule has 3 heteroatoms. The quantitative estimate of drug-likeness (QED) is 0.721. The lowest BCUT2D eigenvalue weighted by molar-refractivity contribution is -0.00363. The fourth-order valence-corrected chi connectivity index (χ4v) is 2.78. The van der Waals surface area contributed by atoms with Crippen LogP contribution in [0.1, 0.15) is 59.3 Å². The highest BCUT2D eigenvalue weighted by molar-refractivity contribution is 5.69. The zero-order chi connectivity index (χ0) is 11.8. The van der Waals surface area contributed by atoms with Gasteiger partial charge in [0, 0.05) is 12.1 Å². The van der Waals surface area contributed by atoms with E-state index in [2.05, 4.69) is 6.92 Å². The second kappa shape index (κ2) is 4.27. The maximum absolute atomic E-state index is 12.1. The molecule has 2 fully saturated rings. The molecule has 2 heterocycles. The van der Waals surface area contributed by atoms with Crippen LogP contribution in [-0.4, -0.2) is 28.7 Å². The summed E-state index contributed by atoms with van der Waals surface area (Å²) in [5.74, 6) is 0. The number of rotatable bonds is 2. The predicted octanol–water partition coefficient (Wildman–Crippen LogP) is 3.33. The molecule has 0 radical (unpaired) electrons. The molecule has 0 aliphatic carbocycles. The van der Waals surface area contributed by atoms with Crippen molar-refractivity contribution in [3.8, 4) is 0 Å². The minimum atomic E-state index is -0.325. The third-order valence-corrected chi connectivity index (χ3v) is 4.12. The summed E-state index contributed by atoms with van der Waals surface area (Å²) in [6, 6.07) is 0.915. The first-order valence-electron chi connectivity index (χ1n) is 6.55. The van der Waals surface area contributed by atoms with Crippen molar-refractivity contribution < 1.29 is 9.53 Å². The van der Waals surface area contributed by atoms with E-state index < -0.39 is 0 Å². The van der Waals surface area contributed by atoms with E-state index in [0.717, 1.165) is 19.3 Å². The molecule has 0 saturated carbocycles. The van der Waals surface area contributed by atoms with E-state index in [4.69, 9.17) is 4.74 Å². The summed E-state index contributed by atoms with van der Waals surface area (Å²) >= 11 is 0. The average molecular weight is 225 g/mol. The molecule has 92 valence electrons. The summed E-state index contributed by atoms with van der Waals surface area (Å²) < 4.78 is 5.59. The first-order valence-corrected chi connectivity index (χ1v) is 6.55.